The highest BCUT2D eigenvalue weighted by molar-refractivity contribution is 7.90. The minimum Gasteiger partial charge on any atom is -0.480 e. The van der Waals surface area contributed by atoms with Crippen LogP contribution in [0.1, 0.15) is 15.9 Å². The van der Waals surface area contributed by atoms with Crippen molar-refractivity contribution in [1.29, 1.82) is 0 Å². The fourth-order valence-electron chi connectivity index (χ4n) is 2.08. The normalized spacial score (nSPS) is 12.6. The summed E-state index contributed by atoms with van der Waals surface area (Å²) in [6.45, 7) is 1.64. The molecule has 1 heterocycles. The van der Waals surface area contributed by atoms with Gasteiger partial charge in [-0.25, -0.2) is 17.2 Å². The standard InChI is InChI=1S/C16H18N2O6S/c1-11-3-5-13(6-4-11)25(22,23)18-8-7-12(9-18)15(19)17-14(10-24-2)16(20)21/h3-9,14H,10H2,1-2H3,(H,17,19)(H,20,21). The fourth-order valence-corrected chi connectivity index (χ4v) is 3.27. The largest absolute Gasteiger partial charge is 0.480 e. The van der Waals surface area contributed by atoms with E-state index in [0.717, 1.165) is 15.7 Å². The summed E-state index contributed by atoms with van der Waals surface area (Å²) in [5.74, 6) is -1.95. The molecule has 2 rings (SSSR count). The van der Waals surface area contributed by atoms with Crippen LogP contribution < -0.4 is 5.32 Å². The average Bonchev–Trinajstić information content (AvgIpc) is 3.05. The zero-order valence-electron chi connectivity index (χ0n) is 13.7. The molecule has 0 aliphatic heterocycles. The van der Waals surface area contributed by atoms with Crippen LogP contribution in [-0.4, -0.2) is 49.1 Å². The van der Waals surface area contributed by atoms with E-state index in [1.165, 1.54) is 31.5 Å². The van der Waals surface area contributed by atoms with Gasteiger partial charge < -0.3 is 15.2 Å². The molecule has 134 valence electrons. The van der Waals surface area contributed by atoms with E-state index in [2.05, 4.69) is 5.32 Å². The lowest BCUT2D eigenvalue weighted by Gasteiger charge is -2.12. The molecule has 1 aromatic carbocycles. The molecule has 0 radical (unpaired) electrons. The number of ether oxygens (including phenoxy) is 1. The maximum atomic E-state index is 12.5. The van der Waals surface area contributed by atoms with Gasteiger partial charge >= 0.3 is 5.97 Å². The molecule has 8 nitrogen and oxygen atoms in total. The summed E-state index contributed by atoms with van der Waals surface area (Å²) in [5.41, 5.74) is 0.947. The Morgan fingerprint density at radius 2 is 1.88 bits per heavy atom. The van der Waals surface area contributed by atoms with Gasteiger partial charge in [-0.15, -0.1) is 0 Å². The molecule has 0 spiro atoms. The number of amides is 1. The highest BCUT2D eigenvalue weighted by atomic mass is 32.2. The Labute approximate surface area is 145 Å². The topological polar surface area (TPSA) is 115 Å². The summed E-state index contributed by atoms with van der Waals surface area (Å²) in [7, 11) is -2.52. The average molecular weight is 366 g/mol. The predicted molar refractivity (Wildman–Crippen MR) is 89.0 cm³/mol. The van der Waals surface area contributed by atoms with E-state index in [-0.39, 0.29) is 17.1 Å². The van der Waals surface area contributed by atoms with Crippen molar-refractivity contribution in [1.82, 2.24) is 9.29 Å². The summed E-state index contributed by atoms with van der Waals surface area (Å²) in [5, 5.41) is 11.3. The van der Waals surface area contributed by atoms with Crippen LogP contribution in [0.25, 0.3) is 0 Å². The van der Waals surface area contributed by atoms with E-state index in [9.17, 15) is 18.0 Å². The van der Waals surface area contributed by atoms with Crippen LogP contribution in [0.15, 0.2) is 47.6 Å². The smallest absolute Gasteiger partial charge is 0.328 e. The lowest BCUT2D eigenvalue weighted by atomic mass is 10.2. The molecule has 1 atom stereocenters. The molecule has 0 bridgehead atoms. The monoisotopic (exact) mass is 366 g/mol. The SMILES string of the molecule is COCC(NC(=O)c1ccn(S(=O)(=O)c2ccc(C)cc2)c1)C(=O)O. The number of nitrogens with one attached hydrogen (secondary N) is 1. The number of benzene rings is 1. The summed E-state index contributed by atoms with van der Waals surface area (Å²) in [4.78, 5) is 23.2. The minimum absolute atomic E-state index is 0.0260. The third-order valence-corrected chi connectivity index (χ3v) is 5.11. The second-order valence-electron chi connectivity index (χ2n) is 5.37. The number of nitrogens with zero attached hydrogens (tertiary/aromatic N) is 1. The minimum atomic E-state index is -3.83. The molecule has 0 aliphatic rings. The first-order chi connectivity index (χ1) is 11.8. The molecular weight excluding hydrogens is 348 g/mol. The second kappa shape index (κ2) is 7.49. The first kappa shape index (κ1) is 18.7. The number of carboxylic acids is 1. The van der Waals surface area contributed by atoms with E-state index >= 15 is 0 Å². The first-order valence-electron chi connectivity index (χ1n) is 7.28. The summed E-state index contributed by atoms with van der Waals surface area (Å²) < 4.78 is 30.7. The summed E-state index contributed by atoms with van der Waals surface area (Å²) >= 11 is 0. The Kier molecular flexibility index (Phi) is 5.60. The summed E-state index contributed by atoms with van der Waals surface area (Å²) in [6.07, 6.45) is 2.37. The predicted octanol–water partition coefficient (Wildman–Crippen LogP) is 0.863. The van der Waals surface area contributed by atoms with Gasteiger partial charge in [0.2, 0.25) is 0 Å². The van der Waals surface area contributed by atoms with Gasteiger partial charge in [-0.1, -0.05) is 17.7 Å². The maximum absolute atomic E-state index is 12.5. The van der Waals surface area contributed by atoms with E-state index in [0.29, 0.717) is 0 Å². The van der Waals surface area contributed by atoms with Gasteiger partial charge in [0, 0.05) is 19.5 Å². The number of carbonyl (C=O) groups is 2. The third kappa shape index (κ3) is 4.25. The second-order valence-corrected chi connectivity index (χ2v) is 7.21. The van der Waals surface area contributed by atoms with E-state index < -0.39 is 27.9 Å². The zero-order valence-corrected chi connectivity index (χ0v) is 14.5. The first-order valence-corrected chi connectivity index (χ1v) is 8.72. The summed E-state index contributed by atoms with van der Waals surface area (Å²) in [6, 6.07) is 6.37. The molecule has 2 N–H and O–H groups in total. The van der Waals surface area contributed by atoms with Gasteiger partial charge in [0.05, 0.1) is 17.1 Å². The maximum Gasteiger partial charge on any atom is 0.328 e. The van der Waals surface area contributed by atoms with Crippen molar-refractivity contribution in [2.24, 2.45) is 0 Å². The quantitative estimate of drug-likeness (QED) is 0.751. The lowest BCUT2D eigenvalue weighted by molar-refractivity contribution is -0.140. The van der Waals surface area contributed by atoms with Crippen molar-refractivity contribution < 1.29 is 27.9 Å². The van der Waals surface area contributed by atoms with Crippen molar-refractivity contribution >= 4 is 21.9 Å². The van der Waals surface area contributed by atoms with Crippen molar-refractivity contribution in [2.75, 3.05) is 13.7 Å². The van der Waals surface area contributed by atoms with Crippen molar-refractivity contribution in [3.8, 4) is 0 Å². The van der Waals surface area contributed by atoms with E-state index in [1.807, 2.05) is 6.92 Å². The van der Waals surface area contributed by atoms with Crippen LogP contribution in [0, 0.1) is 6.92 Å². The molecule has 9 heteroatoms. The Morgan fingerprint density at radius 1 is 1.24 bits per heavy atom. The van der Waals surface area contributed by atoms with Crippen LogP contribution in [-0.2, 0) is 19.6 Å². The molecule has 0 saturated heterocycles. The van der Waals surface area contributed by atoms with Crippen LogP contribution in [0.5, 0.6) is 0 Å². The number of carbonyl (C=O) groups excluding carboxylic acids is 1. The van der Waals surface area contributed by atoms with Gasteiger partial charge in [0.25, 0.3) is 15.9 Å². The third-order valence-electron chi connectivity index (χ3n) is 3.46. The molecule has 2 aromatic rings. The van der Waals surface area contributed by atoms with E-state index in [1.54, 1.807) is 12.1 Å². The molecule has 25 heavy (non-hydrogen) atoms. The van der Waals surface area contributed by atoms with Crippen LogP contribution in [0.4, 0.5) is 0 Å². The molecule has 1 aromatic heterocycles. The van der Waals surface area contributed by atoms with Gasteiger partial charge in [0.1, 0.15) is 0 Å². The number of hydrogen-bond donors (Lipinski definition) is 2. The number of methoxy groups -OCH3 is 1. The van der Waals surface area contributed by atoms with Gasteiger partial charge in [-0.3, -0.25) is 4.79 Å². The highest BCUT2D eigenvalue weighted by Gasteiger charge is 2.23. The van der Waals surface area contributed by atoms with Crippen LogP contribution in [0.2, 0.25) is 0 Å². The van der Waals surface area contributed by atoms with Gasteiger partial charge in [-0.2, -0.15) is 0 Å². The van der Waals surface area contributed by atoms with E-state index in [4.69, 9.17) is 9.84 Å². The zero-order chi connectivity index (χ0) is 18.6. The van der Waals surface area contributed by atoms with Crippen LogP contribution >= 0.6 is 0 Å². The molecule has 0 saturated carbocycles. The van der Waals surface area contributed by atoms with Gasteiger partial charge in [0.15, 0.2) is 6.04 Å². The molecule has 1 amide bonds. The number of rotatable bonds is 7. The number of carboxylic acid groups (broad SMARTS) is 1. The number of hydrogen-bond acceptors (Lipinski definition) is 5. The Hall–Kier alpha value is -2.65. The molecule has 0 aliphatic carbocycles. The fraction of sp³-hybridized carbons (Fsp3) is 0.250. The van der Waals surface area contributed by atoms with Crippen molar-refractivity contribution in [3.05, 3.63) is 53.9 Å². The number of aryl methyl sites for hydroxylation is 1. The Bertz CT molecular complexity index is 870. The lowest BCUT2D eigenvalue weighted by Crippen LogP contribution is -2.43. The Balaban J connectivity index is 2.22. The van der Waals surface area contributed by atoms with Crippen LogP contribution in [0.3, 0.4) is 0 Å². The van der Waals surface area contributed by atoms with Crippen molar-refractivity contribution in [2.45, 2.75) is 17.9 Å². The molecule has 1 unspecified atom stereocenters. The molecule has 0 fully saturated rings. The highest BCUT2D eigenvalue weighted by Crippen LogP contribution is 2.16. The number of aromatic nitrogens is 1. The molecular formula is C16H18N2O6S. The Morgan fingerprint density at radius 3 is 2.44 bits per heavy atom. The van der Waals surface area contributed by atoms with Crippen molar-refractivity contribution in [3.63, 3.8) is 0 Å². The number of aliphatic carboxylic acids is 1. The van der Waals surface area contributed by atoms with Gasteiger partial charge in [-0.05, 0) is 25.1 Å².